The van der Waals surface area contributed by atoms with Gasteiger partial charge in [0, 0.05) is 17.5 Å². The van der Waals surface area contributed by atoms with E-state index >= 15 is 0 Å². The second-order valence-electron chi connectivity index (χ2n) is 5.89. The van der Waals surface area contributed by atoms with Gasteiger partial charge in [-0.05, 0) is 54.8 Å². The molecule has 118 valence electrons. The first kappa shape index (κ1) is 15.5. The van der Waals surface area contributed by atoms with Gasteiger partial charge < -0.3 is 10.5 Å². The minimum absolute atomic E-state index is 0.0250. The summed E-state index contributed by atoms with van der Waals surface area (Å²) < 4.78 is 5.86. The first-order valence-corrected chi connectivity index (χ1v) is 8.09. The molecule has 1 aromatic heterocycles. The van der Waals surface area contributed by atoms with E-state index in [2.05, 4.69) is 30.1 Å². The number of fused-ring (bicyclic) bond motifs is 1. The summed E-state index contributed by atoms with van der Waals surface area (Å²) in [6, 6.07) is 18.2. The number of rotatable bonds is 5. The Morgan fingerprint density at radius 2 is 1.83 bits per heavy atom. The lowest BCUT2D eigenvalue weighted by atomic mass is 10.1. The lowest BCUT2D eigenvalue weighted by Crippen LogP contribution is -2.04. The predicted molar refractivity (Wildman–Crippen MR) is 94.9 cm³/mol. The van der Waals surface area contributed by atoms with Gasteiger partial charge in [-0.1, -0.05) is 31.5 Å². The van der Waals surface area contributed by atoms with Crippen LogP contribution in [0.25, 0.3) is 10.9 Å². The van der Waals surface area contributed by atoms with Crippen molar-refractivity contribution < 1.29 is 4.74 Å². The molecular formula is C20H22N2O. The van der Waals surface area contributed by atoms with Crippen molar-refractivity contribution in [3.8, 4) is 11.6 Å². The van der Waals surface area contributed by atoms with Crippen LogP contribution in [0.4, 0.5) is 0 Å². The number of nitrogens with two attached hydrogens (primary N) is 1. The van der Waals surface area contributed by atoms with Gasteiger partial charge in [0.05, 0.1) is 5.52 Å². The summed E-state index contributed by atoms with van der Waals surface area (Å²) in [4.78, 5) is 4.57. The number of hydrogen-bond donors (Lipinski definition) is 1. The smallest absolute Gasteiger partial charge is 0.219 e. The van der Waals surface area contributed by atoms with E-state index in [1.54, 1.807) is 0 Å². The standard InChI is InChI=1S/C20H22N2O/c1-3-4-15-5-9-18(10-6-15)23-20-12-8-17-13-16(14(2)21)7-11-19(17)22-20/h5-14H,3-4,21H2,1-2H3. The van der Waals surface area contributed by atoms with E-state index in [0.29, 0.717) is 5.88 Å². The highest BCUT2D eigenvalue weighted by Gasteiger charge is 2.04. The van der Waals surface area contributed by atoms with Gasteiger partial charge in [-0.2, -0.15) is 0 Å². The first-order chi connectivity index (χ1) is 11.2. The fraction of sp³-hybridized carbons (Fsp3) is 0.250. The second-order valence-corrected chi connectivity index (χ2v) is 5.89. The molecule has 0 aliphatic rings. The van der Waals surface area contributed by atoms with Crippen LogP contribution in [-0.2, 0) is 6.42 Å². The van der Waals surface area contributed by atoms with Gasteiger partial charge in [-0.25, -0.2) is 4.98 Å². The predicted octanol–water partition coefficient (Wildman–Crippen LogP) is 5.00. The molecular weight excluding hydrogens is 284 g/mol. The van der Waals surface area contributed by atoms with E-state index in [0.717, 1.165) is 35.1 Å². The Labute approximate surface area is 137 Å². The number of ether oxygens (including phenoxy) is 1. The van der Waals surface area contributed by atoms with Crippen LogP contribution in [0.3, 0.4) is 0 Å². The lowest BCUT2D eigenvalue weighted by molar-refractivity contribution is 0.465. The maximum absolute atomic E-state index is 5.93. The summed E-state index contributed by atoms with van der Waals surface area (Å²) in [6.45, 7) is 4.16. The quantitative estimate of drug-likeness (QED) is 0.721. The lowest BCUT2D eigenvalue weighted by Gasteiger charge is -2.09. The summed E-state index contributed by atoms with van der Waals surface area (Å²) in [7, 11) is 0. The van der Waals surface area contributed by atoms with E-state index < -0.39 is 0 Å². The number of pyridine rings is 1. The fourth-order valence-corrected chi connectivity index (χ4v) is 2.60. The molecule has 0 spiro atoms. The molecule has 0 fully saturated rings. The van der Waals surface area contributed by atoms with Gasteiger partial charge in [0.1, 0.15) is 5.75 Å². The molecule has 0 radical (unpaired) electrons. The Balaban J connectivity index is 1.81. The molecule has 3 nitrogen and oxygen atoms in total. The Hall–Kier alpha value is -2.39. The molecule has 0 saturated carbocycles. The average molecular weight is 306 g/mol. The molecule has 1 heterocycles. The van der Waals surface area contributed by atoms with Crippen LogP contribution >= 0.6 is 0 Å². The summed E-state index contributed by atoms with van der Waals surface area (Å²) in [5, 5.41) is 1.07. The van der Waals surface area contributed by atoms with Crippen LogP contribution in [0.5, 0.6) is 11.6 Å². The highest BCUT2D eigenvalue weighted by Crippen LogP contribution is 2.24. The summed E-state index contributed by atoms with van der Waals surface area (Å²) in [5.74, 6) is 1.41. The third-order valence-corrected chi connectivity index (χ3v) is 3.90. The minimum atomic E-state index is 0.0250. The molecule has 0 amide bonds. The van der Waals surface area contributed by atoms with Gasteiger partial charge in [-0.15, -0.1) is 0 Å². The largest absolute Gasteiger partial charge is 0.439 e. The Bertz CT molecular complexity index is 794. The molecule has 3 aromatic rings. The Morgan fingerprint density at radius 1 is 1.04 bits per heavy atom. The van der Waals surface area contributed by atoms with Crippen molar-refractivity contribution in [2.45, 2.75) is 32.7 Å². The maximum atomic E-state index is 5.93. The molecule has 23 heavy (non-hydrogen) atoms. The van der Waals surface area contributed by atoms with Gasteiger partial charge in [0.25, 0.3) is 0 Å². The van der Waals surface area contributed by atoms with Crippen molar-refractivity contribution in [3.05, 3.63) is 65.7 Å². The van der Waals surface area contributed by atoms with Crippen molar-refractivity contribution in [2.24, 2.45) is 5.73 Å². The third-order valence-electron chi connectivity index (χ3n) is 3.90. The van der Waals surface area contributed by atoms with Crippen LogP contribution < -0.4 is 10.5 Å². The SMILES string of the molecule is CCCc1ccc(Oc2ccc3cc(C(C)N)ccc3n2)cc1. The van der Waals surface area contributed by atoms with Crippen molar-refractivity contribution in [1.82, 2.24) is 4.98 Å². The Morgan fingerprint density at radius 3 is 2.52 bits per heavy atom. The van der Waals surface area contributed by atoms with Crippen LogP contribution in [0.2, 0.25) is 0 Å². The van der Waals surface area contributed by atoms with Crippen LogP contribution in [0, 0.1) is 0 Å². The molecule has 0 aliphatic heterocycles. The summed E-state index contributed by atoms with van der Waals surface area (Å²) in [5.41, 5.74) is 9.28. The molecule has 2 N–H and O–H groups in total. The average Bonchev–Trinajstić information content (AvgIpc) is 2.56. The molecule has 3 rings (SSSR count). The monoisotopic (exact) mass is 306 g/mol. The van der Waals surface area contributed by atoms with E-state index in [1.807, 2.05) is 43.3 Å². The van der Waals surface area contributed by atoms with Crippen molar-refractivity contribution in [3.63, 3.8) is 0 Å². The van der Waals surface area contributed by atoms with E-state index in [-0.39, 0.29) is 6.04 Å². The number of aromatic nitrogens is 1. The normalized spacial score (nSPS) is 12.3. The minimum Gasteiger partial charge on any atom is -0.439 e. The van der Waals surface area contributed by atoms with Crippen LogP contribution in [0.1, 0.15) is 37.4 Å². The van der Waals surface area contributed by atoms with Crippen LogP contribution in [0.15, 0.2) is 54.6 Å². The number of nitrogens with zero attached hydrogens (tertiary/aromatic N) is 1. The molecule has 0 bridgehead atoms. The van der Waals surface area contributed by atoms with E-state index in [1.165, 1.54) is 5.56 Å². The molecule has 3 heteroatoms. The highest BCUT2D eigenvalue weighted by molar-refractivity contribution is 5.80. The fourth-order valence-electron chi connectivity index (χ4n) is 2.60. The number of benzene rings is 2. The van der Waals surface area contributed by atoms with Gasteiger partial charge in [0.15, 0.2) is 0 Å². The first-order valence-electron chi connectivity index (χ1n) is 8.09. The van der Waals surface area contributed by atoms with E-state index in [4.69, 9.17) is 10.5 Å². The summed E-state index contributed by atoms with van der Waals surface area (Å²) >= 11 is 0. The van der Waals surface area contributed by atoms with Gasteiger partial charge in [-0.3, -0.25) is 0 Å². The third kappa shape index (κ3) is 3.69. The highest BCUT2D eigenvalue weighted by atomic mass is 16.5. The Kier molecular flexibility index (Phi) is 4.58. The van der Waals surface area contributed by atoms with E-state index in [9.17, 15) is 0 Å². The van der Waals surface area contributed by atoms with Crippen molar-refractivity contribution in [2.75, 3.05) is 0 Å². The molecule has 0 saturated heterocycles. The zero-order valence-electron chi connectivity index (χ0n) is 13.6. The van der Waals surface area contributed by atoms with Gasteiger partial charge in [0.2, 0.25) is 5.88 Å². The second kappa shape index (κ2) is 6.80. The number of aryl methyl sites for hydroxylation is 1. The maximum Gasteiger partial charge on any atom is 0.219 e. The van der Waals surface area contributed by atoms with Gasteiger partial charge >= 0.3 is 0 Å². The van der Waals surface area contributed by atoms with Crippen LogP contribution in [-0.4, -0.2) is 4.98 Å². The molecule has 1 atom stereocenters. The zero-order chi connectivity index (χ0) is 16.2. The molecule has 1 unspecified atom stereocenters. The zero-order valence-corrected chi connectivity index (χ0v) is 13.6. The van der Waals surface area contributed by atoms with Crippen molar-refractivity contribution >= 4 is 10.9 Å². The number of hydrogen-bond acceptors (Lipinski definition) is 3. The topological polar surface area (TPSA) is 48.1 Å². The molecule has 0 aliphatic carbocycles. The van der Waals surface area contributed by atoms with Crippen molar-refractivity contribution in [1.29, 1.82) is 0 Å². The summed E-state index contributed by atoms with van der Waals surface area (Å²) in [6.07, 6.45) is 2.24. The molecule has 2 aromatic carbocycles.